The molecule has 27 heavy (non-hydrogen) atoms. The zero-order chi connectivity index (χ0) is 18.3. The number of pyridine rings is 1. The highest BCUT2D eigenvalue weighted by Gasteiger charge is 2.17. The van der Waals surface area contributed by atoms with Crippen LogP contribution in [-0.2, 0) is 4.74 Å². The Kier molecular flexibility index (Phi) is 6.50. The second kappa shape index (κ2) is 9.44. The molecule has 2 N–H and O–H groups in total. The maximum absolute atomic E-state index is 5.13. The van der Waals surface area contributed by atoms with Crippen LogP contribution in [0, 0.1) is 0 Å². The number of thiazole rings is 1. The number of hydrogen-bond donors (Lipinski definition) is 2. The Morgan fingerprint density at radius 3 is 2.85 bits per heavy atom. The molecule has 2 fully saturated rings. The second-order valence-electron chi connectivity index (χ2n) is 7.29. The van der Waals surface area contributed by atoms with Crippen molar-refractivity contribution in [1.82, 2.24) is 20.3 Å². The number of rotatable bonds is 2. The van der Waals surface area contributed by atoms with Crippen LogP contribution in [0.3, 0.4) is 0 Å². The summed E-state index contributed by atoms with van der Waals surface area (Å²) in [5.41, 5.74) is 6.46. The monoisotopic (exact) mass is 386 g/mol. The number of hydrogen-bond acceptors (Lipinski definition) is 5. The molecule has 0 unspecified atom stereocenters. The van der Waals surface area contributed by atoms with Gasteiger partial charge in [0.25, 0.3) is 0 Å². The highest BCUT2D eigenvalue weighted by atomic mass is 32.1. The van der Waals surface area contributed by atoms with E-state index in [9.17, 15) is 0 Å². The summed E-state index contributed by atoms with van der Waals surface area (Å²) in [7, 11) is 0. The lowest BCUT2D eigenvalue weighted by molar-refractivity contribution is 0.151. The van der Waals surface area contributed by atoms with Crippen molar-refractivity contribution in [3.63, 3.8) is 0 Å². The normalized spacial score (nSPS) is 18.7. The largest absolute Gasteiger partial charge is 0.380 e. The summed E-state index contributed by atoms with van der Waals surface area (Å²) in [6.07, 6.45) is 12.0. The zero-order valence-corrected chi connectivity index (χ0v) is 16.6. The van der Waals surface area contributed by atoms with Crippen LogP contribution in [0.4, 0.5) is 0 Å². The van der Waals surface area contributed by atoms with Crippen LogP contribution in [0.1, 0.15) is 51.4 Å². The van der Waals surface area contributed by atoms with Crippen LogP contribution in [0.25, 0.3) is 22.3 Å². The molecule has 5 nitrogen and oxygen atoms in total. The first-order valence-corrected chi connectivity index (χ1v) is 11.0. The van der Waals surface area contributed by atoms with Crippen molar-refractivity contribution < 1.29 is 6.16 Å². The van der Waals surface area contributed by atoms with Gasteiger partial charge in [0.1, 0.15) is 5.65 Å². The molecule has 0 radical (unpaired) electrons. The van der Waals surface area contributed by atoms with Crippen molar-refractivity contribution in [2.24, 2.45) is 0 Å². The number of nitrogens with one attached hydrogen (secondary N) is 2. The number of fused-ring (bicyclic) bond motifs is 1. The minimum atomic E-state index is 0. The predicted molar refractivity (Wildman–Crippen MR) is 113 cm³/mol. The molecule has 1 aliphatic carbocycles. The van der Waals surface area contributed by atoms with Gasteiger partial charge in [-0.25, -0.2) is 9.97 Å². The summed E-state index contributed by atoms with van der Waals surface area (Å²) in [5.74, 6) is 0.693. The molecule has 1 aliphatic heterocycles. The minimum absolute atomic E-state index is 0. The van der Waals surface area contributed by atoms with Gasteiger partial charge in [-0.05, 0) is 43.4 Å². The van der Waals surface area contributed by atoms with E-state index in [4.69, 9.17) is 4.74 Å². The summed E-state index contributed by atoms with van der Waals surface area (Å²) in [6.45, 7) is 3.98. The van der Waals surface area contributed by atoms with E-state index in [1.54, 1.807) is 11.3 Å². The van der Waals surface area contributed by atoms with Gasteiger partial charge in [0.2, 0.25) is 0 Å². The van der Waals surface area contributed by atoms with Crippen molar-refractivity contribution in [3.8, 4) is 11.3 Å². The molecule has 2 aliphatic rings. The Hall–Kier alpha value is -1.76. The molecule has 1 saturated carbocycles. The molecule has 1 saturated heterocycles. The van der Waals surface area contributed by atoms with Crippen LogP contribution in [0.5, 0.6) is 0 Å². The molecule has 3 aromatic heterocycles. The lowest BCUT2D eigenvalue weighted by Gasteiger charge is -2.21. The molecule has 3 aromatic rings. The Balaban J connectivity index is 0.000000241. The van der Waals surface area contributed by atoms with E-state index in [0.717, 1.165) is 37.6 Å². The number of aromatic nitrogens is 3. The van der Waals surface area contributed by atoms with E-state index in [2.05, 4.69) is 37.9 Å². The Morgan fingerprint density at radius 2 is 2.00 bits per heavy atom. The van der Waals surface area contributed by atoms with Crippen LogP contribution in [0.15, 0.2) is 29.4 Å². The Labute approximate surface area is 166 Å². The van der Waals surface area contributed by atoms with Crippen molar-refractivity contribution in [2.45, 2.75) is 44.4 Å². The molecule has 0 amide bonds. The summed E-state index contributed by atoms with van der Waals surface area (Å²) in [5, 5.41) is 6.52. The van der Waals surface area contributed by atoms with Gasteiger partial charge in [0, 0.05) is 43.3 Å². The van der Waals surface area contributed by atoms with E-state index in [1.807, 2.05) is 11.7 Å². The smallest absolute Gasteiger partial charge is 0.137 e. The van der Waals surface area contributed by atoms with Crippen LogP contribution >= 0.6 is 11.3 Å². The second-order valence-corrected chi connectivity index (χ2v) is 8.01. The third-order valence-corrected chi connectivity index (χ3v) is 5.99. The maximum atomic E-state index is 5.13. The fraction of sp³-hybridized carbons (Fsp3) is 0.524. The molecule has 0 atom stereocenters. The average Bonchev–Trinajstić information content (AvgIpc) is 3.30. The third-order valence-electron chi connectivity index (χ3n) is 5.40. The fourth-order valence-corrected chi connectivity index (χ4v) is 4.46. The van der Waals surface area contributed by atoms with Gasteiger partial charge in [-0.1, -0.05) is 19.3 Å². The van der Waals surface area contributed by atoms with Crippen molar-refractivity contribution in [1.29, 1.82) is 0 Å². The maximum Gasteiger partial charge on any atom is 0.137 e. The summed E-state index contributed by atoms with van der Waals surface area (Å²) in [4.78, 5) is 12.3. The Bertz CT molecular complexity index is 811. The highest BCUT2D eigenvalue weighted by molar-refractivity contribution is 7.07. The SMILES string of the molecule is C1CNCCOC1.[HH].c1nc(-c2c[nH]c3ncc(C4CCCCC4)cc23)cs1. The third kappa shape index (κ3) is 4.75. The van der Waals surface area contributed by atoms with Gasteiger partial charge in [0.15, 0.2) is 0 Å². The van der Waals surface area contributed by atoms with Gasteiger partial charge in [-0.3, -0.25) is 0 Å². The van der Waals surface area contributed by atoms with E-state index >= 15 is 0 Å². The molecule has 0 spiro atoms. The quantitative estimate of drug-likeness (QED) is 0.652. The van der Waals surface area contributed by atoms with Crippen LogP contribution in [-0.4, -0.2) is 41.3 Å². The first-order valence-electron chi connectivity index (χ1n) is 10.1. The minimum Gasteiger partial charge on any atom is -0.380 e. The van der Waals surface area contributed by atoms with Gasteiger partial charge in [-0.2, -0.15) is 0 Å². The van der Waals surface area contributed by atoms with E-state index < -0.39 is 0 Å². The van der Waals surface area contributed by atoms with Crippen molar-refractivity contribution >= 4 is 22.4 Å². The van der Waals surface area contributed by atoms with E-state index in [1.165, 1.54) is 55.0 Å². The van der Waals surface area contributed by atoms with E-state index in [0.29, 0.717) is 5.92 Å². The van der Waals surface area contributed by atoms with Gasteiger partial charge < -0.3 is 15.0 Å². The lowest BCUT2D eigenvalue weighted by atomic mass is 9.84. The molecule has 6 heteroatoms. The van der Waals surface area contributed by atoms with Crippen LogP contribution < -0.4 is 5.32 Å². The molecule has 5 rings (SSSR count). The molecular formula is C21H30N4OS. The standard InChI is InChI=1S/C16H17N3S.C5H11NO.H2/c1-2-4-11(5-3-1)12-6-13-14(15-9-20-10-19-15)8-18-16(13)17-7-12;1-2-6-3-5-7-4-1;/h6-11H,1-5H2,(H,17,18);6H,1-5H2;1H. The molecule has 0 bridgehead atoms. The lowest BCUT2D eigenvalue weighted by Crippen LogP contribution is -2.15. The highest BCUT2D eigenvalue weighted by Crippen LogP contribution is 2.35. The molecule has 4 heterocycles. The Morgan fingerprint density at radius 1 is 1.07 bits per heavy atom. The van der Waals surface area contributed by atoms with Gasteiger partial charge in [-0.15, -0.1) is 11.3 Å². The summed E-state index contributed by atoms with van der Waals surface area (Å²) < 4.78 is 5.13. The number of ether oxygens (including phenoxy) is 1. The van der Waals surface area contributed by atoms with Gasteiger partial charge in [0.05, 0.1) is 17.8 Å². The van der Waals surface area contributed by atoms with Crippen molar-refractivity contribution in [2.75, 3.05) is 26.3 Å². The fourth-order valence-electron chi connectivity index (χ4n) is 3.91. The summed E-state index contributed by atoms with van der Waals surface area (Å²) in [6, 6.07) is 2.32. The first-order chi connectivity index (χ1) is 13.4. The number of nitrogens with zero attached hydrogens (tertiary/aromatic N) is 2. The number of aromatic amines is 1. The summed E-state index contributed by atoms with van der Waals surface area (Å²) >= 11 is 1.63. The topological polar surface area (TPSA) is 62.8 Å². The molecule has 0 aromatic carbocycles. The van der Waals surface area contributed by atoms with Gasteiger partial charge >= 0.3 is 0 Å². The zero-order valence-electron chi connectivity index (χ0n) is 15.7. The molecule has 146 valence electrons. The average molecular weight is 387 g/mol. The van der Waals surface area contributed by atoms with E-state index in [-0.39, 0.29) is 1.43 Å². The van der Waals surface area contributed by atoms with Crippen molar-refractivity contribution in [3.05, 3.63) is 34.9 Å². The number of H-pyrrole nitrogens is 1. The molecular weight excluding hydrogens is 356 g/mol. The first kappa shape index (κ1) is 18.6. The van der Waals surface area contributed by atoms with Crippen LogP contribution in [0.2, 0.25) is 0 Å². The predicted octanol–water partition coefficient (Wildman–Crippen LogP) is 4.98.